The maximum absolute atomic E-state index is 12.2. The lowest BCUT2D eigenvalue weighted by Crippen LogP contribution is -2.36. The first kappa shape index (κ1) is 16.8. The lowest BCUT2D eigenvalue weighted by atomic mass is 9.80. The molecule has 0 aromatic carbocycles. The van der Waals surface area contributed by atoms with Crippen molar-refractivity contribution < 1.29 is 4.79 Å². The van der Waals surface area contributed by atoms with Gasteiger partial charge in [-0.15, -0.1) is 11.6 Å². The highest BCUT2D eigenvalue weighted by Gasteiger charge is 2.24. The van der Waals surface area contributed by atoms with Crippen LogP contribution in [0.4, 0.5) is 0 Å². The third kappa shape index (κ3) is 6.92. The van der Waals surface area contributed by atoms with Crippen molar-refractivity contribution in [3.8, 4) is 0 Å². The molecule has 0 aliphatic rings. The van der Waals surface area contributed by atoms with Crippen molar-refractivity contribution in [3.05, 3.63) is 0 Å². The molecule has 1 unspecified atom stereocenters. The van der Waals surface area contributed by atoms with Crippen LogP contribution in [0.1, 0.15) is 53.9 Å². The van der Waals surface area contributed by atoms with Gasteiger partial charge in [0.15, 0.2) is 0 Å². The lowest BCUT2D eigenvalue weighted by molar-refractivity contribution is -0.132. The van der Waals surface area contributed by atoms with Crippen molar-refractivity contribution in [2.75, 3.05) is 19.0 Å². The van der Waals surface area contributed by atoms with E-state index in [0.29, 0.717) is 24.8 Å². The smallest absolute Gasteiger partial charge is 0.222 e. The number of unbranched alkanes of at least 4 members (excludes halogenated alkanes) is 1. The van der Waals surface area contributed by atoms with Crippen LogP contribution in [0.5, 0.6) is 0 Å². The molecule has 1 amide bonds. The van der Waals surface area contributed by atoms with E-state index in [1.54, 1.807) is 0 Å². The minimum atomic E-state index is 0.188. The number of amides is 1. The molecule has 0 aromatic rings. The molecule has 0 saturated heterocycles. The third-order valence-electron chi connectivity index (χ3n) is 3.45. The van der Waals surface area contributed by atoms with Gasteiger partial charge in [0.1, 0.15) is 0 Å². The van der Waals surface area contributed by atoms with E-state index < -0.39 is 0 Å². The molecular formula is C14H28ClNO. The zero-order valence-electron chi connectivity index (χ0n) is 12.1. The first-order chi connectivity index (χ1) is 7.82. The van der Waals surface area contributed by atoms with Gasteiger partial charge in [-0.05, 0) is 17.8 Å². The van der Waals surface area contributed by atoms with Crippen molar-refractivity contribution in [1.82, 2.24) is 4.90 Å². The summed E-state index contributed by atoms with van der Waals surface area (Å²) >= 11 is 5.75. The standard InChI is InChI=1S/C14H28ClNO/c1-6-7-9-16(10-8-15)13(17)11-12(2)14(3,4)5/h12H,6-11H2,1-5H3. The van der Waals surface area contributed by atoms with E-state index in [2.05, 4.69) is 34.6 Å². The Morgan fingerprint density at radius 2 is 1.88 bits per heavy atom. The fourth-order valence-electron chi connectivity index (χ4n) is 1.51. The molecule has 3 heteroatoms. The van der Waals surface area contributed by atoms with Crippen LogP contribution in [-0.4, -0.2) is 29.8 Å². The average Bonchev–Trinajstić information content (AvgIpc) is 2.22. The van der Waals surface area contributed by atoms with Gasteiger partial charge in [-0.25, -0.2) is 0 Å². The zero-order valence-corrected chi connectivity index (χ0v) is 12.8. The number of carbonyl (C=O) groups is 1. The lowest BCUT2D eigenvalue weighted by Gasteiger charge is -2.29. The van der Waals surface area contributed by atoms with Gasteiger partial charge in [-0.2, -0.15) is 0 Å². The van der Waals surface area contributed by atoms with Gasteiger partial charge < -0.3 is 4.90 Å². The van der Waals surface area contributed by atoms with Gasteiger partial charge in [0.25, 0.3) is 0 Å². The molecule has 0 aromatic heterocycles. The predicted octanol–water partition coefficient (Wildman–Crippen LogP) is 3.93. The largest absolute Gasteiger partial charge is 0.342 e. The van der Waals surface area contributed by atoms with Gasteiger partial charge in [-0.1, -0.05) is 41.0 Å². The van der Waals surface area contributed by atoms with E-state index in [4.69, 9.17) is 11.6 Å². The van der Waals surface area contributed by atoms with E-state index in [1.165, 1.54) is 0 Å². The molecular weight excluding hydrogens is 234 g/mol. The molecule has 0 spiro atoms. The van der Waals surface area contributed by atoms with Crippen molar-refractivity contribution in [2.45, 2.75) is 53.9 Å². The van der Waals surface area contributed by atoms with Gasteiger partial charge in [0, 0.05) is 25.4 Å². The molecule has 2 nitrogen and oxygen atoms in total. The molecule has 0 N–H and O–H groups in total. The summed E-state index contributed by atoms with van der Waals surface area (Å²) in [5, 5.41) is 0. The summed E-state index contributed by atoms with van der Waals surface area (Å²) < 4.78 is 0. The Kier molecular flexibility index (Phi) is 7.85. The van der Waals surface area contributed by atoms with Crippen LogP contribution in [-0.2, 0) is 4.79 Å². The number of hydrogen-bond donors (Lipinski definition) is 0. The Bertz CT molecular complexity index is 223. The van der Waals surface area contributed by atoms with Crippen molar-refractivity contribution >= 4 is 17.5 Å². The summed E-state index contributed by atoms with van der Waals surface area (Å²) in [4.78, 5) is 14.1. The topological polar surface area (TPSA) is 20.3 Å². The van der Waals surface area contributed by atoms with Crippen molar-refractivity contribution in [3.63, 3.8) is 0 Å². The molecule has 102 valence electrons. The first-order valence-electron chi connectivity index (χ1n) is 6.66. The maximum Gasteiger partial charge on any atom is 0.222 e. The predicted molar refractivity (Wildman–Crippen MR) is 75.4 cm³/mol. The Hall–Kier alpha value is -0.240. The summed E-state index contributed by atoms with van der Waals surface area (Å²) in [5.74, 6) is 1.18. The van der Waals surface area contributed by atoms with Crippen LogP contribution in [0.2, 0.25) is 0 Å². The molecule has 1 atom stereocenters. The molecule has 0 fully saturated rings. The number of rotatable bonds is 7. The molecule has 0 bridgehead atoms. The van der Waals surface area contributed by atoms with Gasteiger partial charge in [-0.3, -0.25) is 4.79 Å². The monoisotopic (exact) mass is 261 g/mol. The van der Waals surface area contributed by atoms with Crippen LogP contribution >= 0.6 is 11.6 Å². The maximum atomic E-state index is 12.2. The minimum Gasteiger partial charge on any atom is -0.342 e. The molecule has 17 heavy (non-hydrogen) atoms. The van der Waals surface area contributed by atoms with Crippen LogP contribution < -0.4 is 0 Å². The normalized spacial score (nSPS) is 13.5. The second-order valence-corrected chi connectivity index (χ2v) is 6.27. The van der Waals surface area contributed by atoms with E-state index in [9.17, 15) is 4.79 Å². The summed E-state index contributed by atoms with van der Waals surface area (Å²) in [6.07, 6.45) is 2.80. The molecule has 0 saturated carbocycles. The Morgan fingerprint density at radius 3 is 2.29 bits per heavy atom. The quantitative estimate of drug-likeness (QED) is 0.636. The summed E-state index contributed by atoms with van der Waals surface area (Å²) in [7, 11) is 0. The van der Waals surface area contributed by atoms with E-state index in [1.807, 2.05) is 4.90 Å². The van der Waals surface area contributed by atoms with Crippen LogP contribution in [0.25, 0.3) is 0 Å². The average molecular weight is 262 g/mol. The number of halogens is 1. The second kappa shape index (κ2) is 7.97. The second-order valence-electron chi connectivity index (χ2n) is 5.89. The highest BCUT2D eigenvalue weighted by Crippen LogP contribution is 2.28. The summed E-state index contributed by atoms with van der Waals surface area (Å²) in [6.45, 7) is 12.4. The van der Waals surface area contributed by atoms with E-state index in [0.717, 1.165) is 19.4 Å². The Morgan fingerprint density at radius 1 is 1.29 bits per heavy atom. The highest BCUT2D eigenvalue weighted by molar-refractivity contribution is 6.18. The molecule has 0 radical (unpaired) electrons. The van der Waals surface area contributed by atoms with Crippen LogP contribution in [0.15, 0.2) is 0 Å². The van der Waals surface area contributed by atoms with Gasteiger partial charge in [0.05, 0.1) is 0 Å². The SMILES string of the molecule is CCCCN(CCCl)C(=O)CC(C)C(C)(C)C. The summed E-state index contributed by atoms with van der Waals surface area (Å²) in [5.41, 5.74) is 0.188. The highest BCUT2D eigenvalue weighted by atomic mass is 35.5. The van der Waals surface area contributed by atoms with Gasteiger partial charge >= 0.3 is 0 Å². The Labute approximate surface area is 112 Å². The molecule has 0 heterocycles. The van der Waals surface area contributed by atoms with Crippen LogP contribution in [0.3, 0.4) is 0 Å². The number of nitrogens with zero attached hydrogens (tertiary/aromatic N) is 1. The Balaban J connectivity index is 4.31. The molecule has 0 aliphatic carbocycles. The van der Waals surface area contributed by atoms with Crippen molar-refractivity contribution in [1.29, 1.82) is 0 Å². The fourth-order valence-corrected chi connectivity index (χ4v) is 1.71. The van der Waals surface area contributed by atoms with E-state index in [-0.39, 0.29) is 11.3 Å². The van der Waals surface area contributed by atoms with Crippen LogP contribution in [0, 0.1) is 11.3 Å². The number of hydrogen-bond acceptors (Lipinski definition) is 1. The van der Waals surface area contributed by atoms with Crippen molar-refractivity contribution in [2.24, 2.45) is 11.3 Å². The fraction of sp³-hybridized carbons (Fsp3) is 0.929. The van der Waals surface area contributed by atoms with E-state index >= 15 is 0 Å². The zero-order chi connectivity index (χ0) is 13.5. The minimum absolute atomic E-state index is 0.188. The first-order valence-corrected chi connectivity index (χ1v) is 7.20. The molecule has 0 aliphatic heterocycles. The van der Waals surface area contributed by atoms with Gasteiger partial charge in [0.2, 0.25) is 5.91 Å². The number of carbonyl (C=O) groups excluding carboxylic acids is 1. The molecule has 0 rings (SSSR count). The summed E-state index contributed by atoms with van der Waals surface area (Å²) in [6, 6.07) is 0. The third-order valence-corrected chi connectivity index (χ3v) is 3.62. The number of alkyl halides is 1.